The second-order valence-electron chi connectivity index (χ2n) is 4.17. The lowest BCUT2D eigenvalue weighted by atomic mass is 10.1. The number of nitrogens with two attached hydrogens (primary N) is 1. The van der Waals surface area contributed by atoms with Crippen LogP contribution in [0.25, 0.3) is 0 Å². The highest BCUT2D eigenvalue weighted by Crippen LogP contribution is 2.17. The van der Waals surface area contributed by atoms with E-state index in [9.17, 15) is 4.79 Å². The molecule has 1 aromatic rings. The Labute approximate surface area is 88.2 Å². The molecule has 2 atom stereocenters. The summed E-state index contributed by atoms with van der Waals surface area (Å²) in [6.45, 7) is 5.12. The van der Waals surface area contributed by atoms with Crippen LogP contribution in [-0.2, 0) is 0 Å². The third-order valence-corrected chi connectivity index (χ3v) is 2.80. The van der Waals surface area contributed by atoms with Gasteiger partial charge in [-0.2, -0.15) is 0 Å². The maximum Gasteiger partial charge on any atom is 0.276 e. The lowest BCUT2D eigenvalue weighted by Gasteiger charge is -2.13. The monoisotopic (exact) mass is 209 g/mol. The van der Waals surface area contributed by atoms with Gasteiger partial charge in [-0.3, -0.25) is 4.79 Å². The van der Waals surface area contributed by atoms with Crippen LogP contribution in [0.3, 0.4) is 0 Å². The van der Waals surface area contributed by atoms with Gasteiger partial charge in [-0.05, 0) is 12.8 Å². The van der Waals surface area contributed by atoms with Gasteiger partial charge in [-0.1, -0.05) is 12.1 Å². The summed E-state index contributed by atoms with van der Waals surface area (Å²) in [4.78, 5) is 13.6. The fraction of sp³-hybridized carbons (Fsp3) is 0.600. The van der Waals surface area contributed by atoms with Crippen LogP contribution in [0.15, 0.2) is 10.6 Å². The Morgan fingerprint density at radius 1 is 1.67 bits per heavy atom. The molecule has 0 saturated carbocycles. The van der Waals surface area contributed by atoms with Crippen molar-refractivity contribution in [2.24, 2.45) is 11.7 Å². The molecule has 0 aromatic carbocycles. The zero-order valence-corrected chi connectivity index (χ0v) is 8.93. The van der Waals surface area contributed by atoms with Gasteiger partial charge in [0.1, 0.15) is 5.76 Å². The van der Waals surface area contributed by atoms with Crippen LogP contribution in [0, 0.1) is 12.8 Å². The fourth-order valence-corrected chi connectivity index (χ4v) is 1.79. The van der Waals surface area contributed by atoms with Crippen molar-refractivity contribution in [3.63, 3.8) is 0 Å². The van der Waals surface area contributed by atoms with Gasteiger partial charge < -0.3 is 15.2 Å². The van der Waals surface area contributed by atoms with Crippen molar-refractivity contribution in [2.45, 2.75) is 19.9 Å². The number of hydrogen-bond donors (Lipinski definition) is 1. The van der Waals surface area contributed by atoms with Gasteiger partial charge in [0.15, 0.2) is 5.69 Å². The molecule has 15 heavy (non-hydrogen) atoms. The largest absolute Gasteiger partial charge is 0.361 e. The lowest BCUT2D eigenvalue weighted by Crippen LogP contribution is -2.32. The smallest absolute Gasteiger partial charge is 0.276 e. The normalized spacial score (nSPS) is 25.9. The van der Waals surface area contributed by atoms with Crippen LogP contribution in [0.2, 0.25) is 0 Å². The van der Waals surface area contributed by atoms with E-state index in [0.29, 0.717) is 30.5 Å². The van der Waals surface area contributed by atoms with E-state index in [4.69, 9.17) is 10.3 Å². The van der Waals surface area contributed by atoms with Gasteiger partial charge in [0.05, 0.1) is 0 Å². The highest BCUT2D eigenvalue weighted by molar-refractivity contribution is 5.92. The molecule has 0 bridgehead atoms. The molecule has 82 valence electrons. The molecule has 2 rings (SSSR count). The quantitative estimate of drug-likeness (QED) is 0.726. The van der Waals surface area contributed by atoms with Crippen molar-refractivity contribution < 1.29 is 9.32 Å². The number of carbonyl (C=O) groups excluding carboxylic acids is 1. The van der Waals surface area contributed by atoms with E-state index in [2.05, 4.69) is 5.16 Å². The molecule has 2 heterocycles. The third-order valence-electron chi connectivity index (χ3n) is 2.80. The number of carbonyl (C=O) groups is 1. The van der Waals surface area contributed by atoms with Crippen LogP contribution in [-0.4, -0.2) is 35.1 Å². The Hall–Kier alpha value is -1.36. The Morgan fingerprint density at radius 2 is 2.40 bits per heavy atom. The van der Waals surface area contributed by atoms with E-state index < -0.39 is 0 Å². The number of hydrogen-bond acceptors (Lipinski definition) is 4. The van der Waals surface area contributed by atoms with Crippen LogP contribution >= 0.6 is 0 Å². The number of aryl methyl sites for hydroxylation is 1. The van der Waals surface area contributed by atoms with Crippen LogP contribution in [0.1, 0.15) is 23.2 Å². The van der Waals surface area contributed by atoms with Gasteiger partial charge in [0, 0.05) is 25.2 Å². The summed E-state index contributed by atoms with van der Waals surface area (Å²) in [6, 6.07) is 1.72. The lowest BCUT2D eigenvalue weighted by molar-refractivity contribution is 0.0776. The van der Waals surface area contributed by atoms with E-state index >= 15 is 0 Å². The summed E-state index contributed by atoms with van der Waals surface area (Å²) in [5, 5.41) is 3.70. The van der Waals surface area contributed by atoms with Gasteiger partial charge >= 0.3 is 0 Å². The van der Waals surface area contributed by atoms with Crippen LogP contribution in [0.5, 0.6) is 0 Å². The van der Waals surface area contributed by atoms with Crippen molar-refractivity contribution in [1.82, 2.24) is 10.1 Å². The minimum Gasteiger partial charge on any atom is -0.361 e. The Morgan fingerprint density at radius 3 is 2.87 bits per heavy atom. The fourth-order valence-electron chi connectivity index (χ4n) is 1.79. The maximum atomic E-state index is 11.9. The number of likely N-dealkylation sites (tertiary alicyclic amines) is 1. The molecule has 1 saturated heterocycles. The predicted molar refractivity (Wildman–Crippen MR) is 54.3 cm³/mol. The predicted octanol–water partition coefficient (Wildman–Crippen LogP) is 0.402. The minimum atomic E-state index is -0.0911. The first-order valence-electron chi connectivity index (χ1n) is 5.06. The van der Waals surface area contributed by atoms with E-state index in [-0.39, 0.29) is 11.9 Å². The summed E-state index contributed by atoms with van der Waals surface area (Å²) in [5.41, 5.74) is 6.22. The first-order chi connectivity index (χ1) is 7.08. The zero-order valence-electron chi connectivity index (χ0n) is 8.93. The molecule has 5 heteroatoms. The third kappa shape index (κ3) is 1.87. The molecular weight excluding hydrogens is 194 g/mol. The molecule has 0 radical (unpaired) electrons. The summed E-state index contributed by atoms with van der Waals surface area (Å²) >= 11 is 0. The number of aromatic nitrogens is 1. The van der Waals surface area contributed by atoms with E-state index in [1.54, 1.807) is 17.9 Å². The molecule has 1 fully saturated rings. The highest BCUT2D eigenvalue weighted by atomic mass is 16.5. The van der Waals surface area contributed by atoms with Crippen LogP contribution < -0.4 is 5.73 Å². The second-order valence-corrected chi connectivity index (χ2v) is 4.17. The van der Waals surface area contributed by atoms with Gasteiger partial charge in [0.2, 0.25) is 0 Å². The van der Waals surface area contributed by atoms with Gasteiger partial charge in [-0.25, -0.2) is 0 Å². The molecule has 2 unspecified atom stereocenters. The molecule has 1 amide bonds. The molecule has 1 aliphatic heterocycles. The summed E-state index contributed by atoms with van der Waals surface area (Å²) in [7, 11) is 0. The van der Waals surface area contributed by atoms with E-state index in [1.807, 2.05) is 6.92 Å². The topological polar surface area (TPSA) is 72.4 Å². The van der Waals surface area contributed by atoms with Gasteiger partial charge in [-0.15, -0.1) is 0 Å². The van der Waals surface area contributed by atoms with Crippen molar-refractivity contribution in [3.8, 4) is 0 Å². The summed E-state index contributed by atoms with van der Waals surface area (Å²) in [5.74, 6) is 0.906. The molecule has 5 nitrogen and oxygen atoms in total. The molecule has 2 N–H and O–H groups in total. The maximum absolute atomic E-state index is 11.9. The Kier molecular flexibility index (Phi) is 2.48. The number of nitrogens with zero attached hydrogens (tertiary/aromatic N) is 2. The van der Waals surface area contributed by atoms with Crippen molar-refractivity contribution in [1.29, 1.82) is 0 Å². The average molecular weight is 209 g/mol. The molecule has 1 aliphatic rings. The molecule has 1 aromatic heterocycles. The number of rotatable bonds is 1. The minimum absolute atomic E-state index is 0.0712. The molecule has 0 aliphatic carbocycles. The van der Waals surface area contributed by atoms with Crippen molar-refractivity contribution in [3.05, 3.63) is 17.5 Å². The average Bonchev–Trinajstić information content (AvgIpc) is 2.74. The molecule has 0 spiro atoms. The SMILES string of the molecule is Cc1cc(C(=O)N2CC(C)C(N)C2)no1. The Bertz CT molecular complexity index is 364. The molecular formula is C10H15N3O2. The first-order valence-corrected chi connectivity index (χ1v) is 5.06. The van der Waals surface area contributed by atoms with E-state index in [1.165, 1.54) is 0 Å². The van der Waals surface area contributed by atoms with Gasteiger partial charge in [0.25, 0.3) is 5.91 Å². The Balaban J connectivity index is 2.10. The zero-order chi connectivity index (χ0) is 11.0. The van der Waals surface area contributed by atoms with Crippen LogP contribution in [0.4, 0.5) is 0 Å². The highest BCUT2D eigenvalue weighted by Gasteiger charge is 2.31. The summed E-state index contributed by atoms with van der Waals surface area (Å²) < 4.78 is 4.87. The summed E-state index contributed by atoms with van der Waals surface area (Å²) in [6.07, 6.45) is 0. The number of amides is 1. The standard InChI is InChI=1S/C10H15N3O2/c1-6-4-13(5-8(6)11)10(14)9-3-7(2)15-12-9/h3,6,8H,4-5,11H2,1-2H3. The van der Waals surface area contributed by atoms with Crippen molar-refractivity contribution >= 4 is 5.91 Å². The second kappa shape index (κ2) is 3.66. The first kappa shape index (κ1) is 10.2. The van der Waals surface area contributed by atoms with E-state index in [0.717, 1.165) is 0 Å². The van der Waals surface area contributed by atoms with Crippen molar-refractivity contribution in [2.75, 3.05) is 13.1 Å².